The van der Waals surface area contributed by atoms with Crippen molar-refractivity contribution in [2.45, 2.75) is 65.0 Å². The predicted octanol–water partition coefficient (Wildman–Crippen LogP) is 2.72. The van der Waals surface area contributed by atoms with Crippen LogP contribution in [-0.4, -0.2) is 22.9 Å². The average Bonchev–Trinajstić information content (AvgIpc) is 2.64. The summed E-state index contributed by atoms with van der Waals surface area (Å²) in [5.41, 5.74) is -0.689. The number of nitriles is 1. The van der Waals surface area contributed by atoms with Crippen molar-refractivity contribution in [2.24, 2.45) is 11.3 Å². The Bertz CT molecular complexity index is 352. The van der Waals surface area contributed by atoms with Gasteiger partial charge in [-0.1, -0.05) is 13.8 Å². The molecule has 1 heterocycles. The lowest BCUT2D eigenvalue weighted by atomic mass is 9.62. The zero-order valence-electron chi connectivity index (χ0n) is 11.1. The molecule has 1 saturated carbocycles. The molecule has 0 bridgehead atoms. The zero-order chi connectivity index (χ0) is 12.6. The van der Waals surface area contributed by atoms with Crippen LogP contribution in [0.1, 0.15) is 52.9 Å². The van der Waals surface area contributed by atoms with Gasteiger partial charge in [0, 0.05) is 12.1 Å². The Hall–Kier alpha value is -1.04. The van der Waals surface area contributed by atoms with Crippen LogP contribution >= 0.6 is 0 Å². The molecule has 2 atom stereocenters. The minimum absolute atomic E-state index is 0.106. The Balaban J connectivity index is 2.16. The summed E-state index contributed by atoms with van der Waals surface area (Å²) in [5, 5.41) is 9.33. The van der Waals surface area contributed by atoms with Gasteiger partial charge in [-0.3, -0.25) is 4.79 Å². The third-order valence-electron chi connectivity index (χ3n) is 4.51. The number of carbonyl (C=O) groups is 1. The molecule has 0 aromatic carbocycles. The summed E-state index contributed by atoms with van der Waals surface area (Å²) >= 11 is 0. The zero-order valence-corrected chi connectivity index (χ0v) is 11.1. The molecule has 17 heavy (non-hydrogen) atoms. The second-order valence-corrected chi connectivity index (χ2v) is 5.91. The van der Waals surface area contributed by atoms with Crippen LogP contribution in [0.5, 0.6) is 0 Å². The number of hydrogen-bond donors (Lipinski definition) is 0. The van der Waals surface area contributed by atoms with Crippen molar-refractivity contribution in [3.8, 4) is 6.07 Å². The highest BCUT2D eigenvalue weighted by molar-refractivity contribution is 5.87. The molecule has 0 spiro atoms. The summed E-state index contributed by atoms with van der Waals surface area (Å²) in [6, 6.07) is 2.97. The van der Waals surface area contributed by atoms with Crippen LogP contribution in [0, 0.1) is 22.7 Å². The minimum atomic E-state index is -0.689. The van der Waals surface area contributed by atoms with Crippen molar-refractivity contribution in [1.29, 1.82) is 5.26 Å². The van der Waals surface area contributed by atoms with Gasteiger partial charge in [-0.2, -0.15) is 5.26 Å². The Kier molecular flexibility index (Phi) is 3.16. The van der Waals surface area contributed by atoms with Crippen LogP contribution in [0.3, 0.4) is 0 Å². The van der Waals surface area contributed by atoms with E-state index in [1.165, 1.54) is 0 Å². The van der Waals surface area contributed by atoms with Gasteiger partial charge in [0.1, 0.15) is 5.41 Å². The first-order valence-electron chi connectivity index (χ1n) is 6.78. The fraction of sp³-hybridized carbons (Fsp3) is 0.857. The topological polar surface area (TPSA) is 44.1 Å². The summed E-state index contributed by atoms with van der Waals surface area (Å²) in [7, 11) is 0. The first-order chi connectivity index (χ1) is 8.04. The average molecular weight is 234 g/mol. The van der Waals surface area contributed by atoms with Crippen LogP contribution in [0.15, 0.2) is 0 Å². The monoisotopic (exact) mass is 234 g/mol. The largest absolute Gasteiger partial charge is 0.336 e. The van der Waals surface area contributed by atoms with E-state index in [-0.39, 0.29) is 5.91 Å². The molecule has 3 nitrogen and oxygen atoms in total. The quantitative estimate of drug-likeness (QED) is 0.737. The Morgan fingerprint density at radius 2 is 2.06 bits per heavy atom. The van der Waals surface area contributed by atoms with E-state index in [1.54, 1.807) is 0 Å². The summed E-state index contributed by atoms with van der Waals surface area (Å²) in [6.45, 7) is 6.36. The maximum absolute atomic E-state index is 12.6. The number of carbonyl (C=O) groups excluding carboxylic acids is 1. The lowest BCUT2D eigenvalue weighted by Crippen LogP contribution is -2.53. The third kappa shape index (κ3) is 1.84. The summed E-state index contributed by atoms with van der Waals surface area (Å²) in [5.74, 6) is 0.631. The van der Waals surface area contributed by atoms with Crippen molar-refractivity contribution >= 4 is 5.91 Å². The van der Waals surface area contributed by atoms with Crippen LogP contribution in [0.2, 0.25) is 0 Å². The van der Waals surface area contributed by atoms with Gasteiger partial charge in [-0.25, -0.2) is 0 Å². The lowest BCUT2D eigenvalue weighted by Gasteiger charge is -2.44. The van der Waals surface area contributed by atoms with E-state index < -0.39 is 5.41 Å². The van der Waals surface area contributed by atoms with Crippen LogP contribution in [-0.2, 0) is 4.79 Å². The first kappa shape index (κ1) is 12.4. The summed E-state index contributed by atoms with van der Waals surface area (Å²) in [4.78, 5) is 14.6. The van der Waals surface area contributed by atoms with E-state index >= 15 is 0 Å². The smallest absolute Gasteiger partial charge is 0.243 e. The molecule has 0 N–H and O–H groups in total. The predicted molar refractivity (Wildman–Crippen MR) is 66.1 cm³/mol. The van der Waals surface area contributed by atoms with Gasteiger partial charge in [-0.15, -0.1) is 0 Å². The maximum Gasteiger partial charge on any atom is 0.243 e. The van der Waals surface area contributed by atoms with E-state index in [2.05, 4.69) is 26.8 Å². The van der Waals surface area contributed by atoms with Crippen molar-refractivity contribution in [2.75, 3.05) is 0 Å². The van der Waals surface area contributed by atoms with Crippen LogP contribution in [0.4, 0.5) is 0 Å². The molecule has 2 unspecified atom stereocenters. The Labute approximate surface area is 104 Å². The number of hydrogen-bond acceptors (Lipinski definition) is 2. The number of nitrogens with zero attached hydrogens (tertiary/aromatic N) is 2. The SMILES string of the molecule is CCC1CCC(C)N1C(=O)C1(C#N)CC(C)C1. The fourth-order valence-electron chi connectivity index (χ4n) is 3.53. The van der Waals surface area contributed by atoms with E-state index in [0.29, 0.717) is 18.0 Å². The second kappa shape index (κ2) is 4.33. The molecule has 0 aromatic rings. The standard InChI is InChI=1S/C14H22N2O/c1-4-12-6-5-11(3)16(12)13(17)14(9-15)7-10(2)8-14/h10-12H,4-8H2,1-3H3. The van der Waals surface area contributed by atoms with Gasteiger partial charge < -0.3 is 4.90 Å². The highest BCUT2D eigenvalue weighted by Crippen LogP contribution is 2.47. The van der Waals surface area contributed by atoms with Crippen molar-refractivity contribution in [1.82, 2.24) is 4.90 Å². The van der Waals surface area contributed by atoms with E-state index in [0.717, 1.165) is 32.1 Å². The number of amides is 1. The molecule has 1 saturated heterocycles. The molecule has 2 fully saturated rings. The van der Waals surface area contributed by atoms with Crippen LogP contribution < -0.4 is 0 Å². The molecule has 0 radical (unpaired) electrons. The lowest BCUT2D eigenvalue weighted by molar-refractivity contribution is -0.148. The van der Waals surface area contributed by atoms with E-state index in [9.17, 15) is 10.1 Å². The highest BCUT2D eigenvalue weighted by Gasteiger charge is 2.53. The van der Waals surface area contributed by atoms with Crippen molar-refractivity contribution in [3.05, 3.63) is 0 Å². The third-order valence-corrected chi connectivity index (χ3v) is 4.51. The van der Waals surface area contributed by atoms with E-state index in [4.69, 9.17) is 0 Å². The van der Waals surface area contributed by atoms with Crippen molar-refractivity contribution in [3.63, 3.8) is 0 Å². The maximum atomic E-state index is 12.6. The second-order valence-electron chi connectivity index (χ2n) is 5.91. The Morgan fingerprint density at radius 1 is 1.41 bits per heavy atom. The molecule has 2 rings (SSSR count). The van der Waals surface area contributed by atoms with Gasteiger partial charge in [-0.05, 0) is 44.9 Å². The first-order valence-corrected chi connectivity index (χ1v) is 6.78. The number of rotatable bonds is 2. The molecule has 1 aliphatic heterocycles. The normalized spacial score (nSPS) is 40.8. The molecular formula is C14H22N2O. The molecule has 2 aliphatic rings. The van der Waals surface area contributed by atoms with E-state index in [1.807, 2.05) is 4.90 Å². The van der Waals surface area contributed by atoms with Crippen molar-refractivity contribution < 1.29 is 4.79 Å². The highest BCUT2D eigenvalue weighted by atomic mass is 16.2. The molecule has 1 aliphatic carbocycles. The van der Waals surface area contributed by atoms with Crippen LogP contribution in [0.25, 0.3) is 0 Å². The Morgan fingerprint density at radius 3 is 2.53 bits per heavy atom. The molecule has 94 valence electrons. The molecular weight excluding hydrogens is 212 g/mol. The molecule has 0 aromatic heterocycles. The summed E-state index contributed by atoms with van der Waals surface area (Å²) in [6.07, 6.45) is 4.69. The van der Waals surface area contributed by atoms with Gasteiger partial charge in [0.2, 0.25) is 5.91 Å². The molecule has 3 heteroatoms. The van der Waals surface area contributed by atoms with Gasteiger partial charge in [0.05, 0.1) is 6.07 Å². The fourth-order valence-corrected chi connectivity index (χ4v) is 3.53. The summed E-state index contributed by atoms with van der Waals surface area (Å²) < 4.78 is 0. The molecule has 1 amide bonds. The minimum Gasteiger partial charge on any atom is -0.336 e. The van der Waals surface area contributed by atoms with Gasteiger partial charge in [0.15, 0.2) is 0 Å². The van der Waals surface area contributed by atoms with Gasteiger partial charge in [0.25, 0.3) is 0 Å². The van der Waals surface area contributed by atoms with Gasteiger partial charge >= 0.3 is 0 Å². The number of likely N-dealkylation sites (tertiary alicyclic amines) is 1.